The van der Waals surface area contributed by atoms with Gasteiger partial charge in [0.15, 0.2) is 21.3 Å². The summed E-state index contributed by atoms with van der Waals surface area (Å²) < 4.78 is 34.1. The van der Waals surface area contributed by atoms with Crippen LogP contribution in [-0.2, 0) is 9.84 Å². The number of sulfone groups is 1. The smallest absolute Gasteiger partial charge is 0.222 e. The minimum atomic E-state index is -2.83. The molecule has 0 N–H and O–H groups in total. The normalized spacial score (nSPS) is 17.5. The summed E-state index contributed by atoms with van der Waals surface area (Å²) in [6, 6.07) is 3.60. The lowest BCUT2D eigenvalue weighted by Gasteiger charge is -2.26. The van der Waals surface area contributed by atoms with Gasteiger partial charge < -0.3 is 14.4 Å². The molecule has 1 aliphatic heterocycles. The summed E-state index contributed by atoms with van der Waals surface area (Å²) >= 11 is 5.83. The standard InChI is InChI=1S/C16H20ClN3O4S/c1-23-14-9-12-11-18-16(17)19-13(12)10-15(14)24-6-2-3-20-4-7-25(21,22)8-5-20/h9-11H,2-8H2,1H3. The van der Waals surface area contributed by atoms with E-state index in [-0.39, 0.29) is 16.8 Å². The Balaban J connectivity index is 1.57. The molecular formula is C16H20ClN3O4S. The maximum Gasteiger partial charge on any atom is 0.222 e. The van der Waals surface area contributed by atoms with E-state index in [1.807, 2.05) is 6.07 Å². The molecule has 2 aromatic rings. The summed E-state index contributed by atoms with van der Waals surface area (Å²) in [6.07, 6.45) is 2.44. The predicted octanol–water partition coefficient (Wildman–Crippen LogP) is 1.79. The first kappa shape index (κ1) is 18.2. The van der Waals surface area contributed by atoms with Gasteiger partial charge >= 0.3 is 0 Å². The number of hydrogen-bond donors (Lipinski definition) is 0. The number of halogens is 1. The predicted molar refractivity (Wildman–Crippen MR) is 96.3 cm³/mol. The monoisotopic (exact) mass is 385 g/mol. The van der Waals surface area contributed by atoms with E-state index in [0.717, 1.165) is 18.4 Å². The Hall–Kier alpha value is -1.64. The van der Waals surface area contributed by atoms with E-state index in [4.69, 9.17) is 21.1 Å². The van der Waals surface area contributed by atoms with Crippen LogP contribution >= 0.6 is 11.6 Å². The van der Waals surface area contributed by atoms with E-state index in [0.29, 0.717) is 36.7 Å². The van der Waals surface area contributed by atoms with Gasteiger partial charge in [-0.05, 0) is 24.1 Å². The van der Waals surface area contributed by atoms with Crippen molar-refractivity contribution < 1.29 is 17.9 Å². The fourth-order valence-electron chi connectivity index (χ4n) is 2.73. The third-order valence-corrected chi connectivity index (χ3v) is 5.94. The molecule has 7 nitrogen and oxygen atoms in total. The summed E-state index contributed by atoms with van der Waals surface area (Å²) in [4.78, 5) is 10.3. The highest BCUT2D eigenvalue weighted by Crippen LogP contribution is 2.31. The fraction of sp³-hybridized carbons (Fsp3) is 0.500. The summed E-state index contributed by atoms with van der Waals surface area (Å²) in [6.45, 7) is 2.50. The number of fused-ring (bicyclic) bond motifs is 1. The van der Waals surface area contributed by atoms with Crippen LogP contribution in [0.5, 0.6) is 11.5 Å². The Bertz CT molecular complexity index is 846. The maximum absolute atomic E-state index is 11.4. The Kier molecular flexibility index (Phi) is 5.61. The lowest BCUT2D eigenvalue weighted by Crippen LogP contribution is -2.40. The Morgan fingerprint density at radius 3 is 2.72 bits per heavy atom. The molecule has 0 aliphatic carbocycles. The molecule has 1 saturated heterocycles. The van der Waals surface area contributed by atoms with Crippen LogP contribution in [0.4, 0.5) is 0 Å². The SMILES string of the molecule is COc1cc2cnc(Cl)nc2cc1OCCCN1CCS(=O)(=O)CC1. The second-order valence-corrected chi connectivity index (χ2v) is 8.54. The molecule has 1 aliphatic rings. The second-order valence-electron chi connectivity index (χ2n) is 5.90. The van der Waals surface area contributed by atoms with Gasteiger partial charge in [-0.1, -0.05) is 0 Å². The molecule has 2 heterocycles. The van der Waals surface area contributed by atoms with Crippen LogP contribution in [0, 0.1) is 0 Å². The molecule has 0 saturated carbocycles. The van der Waals surface area contributed by atoms with Crippen LogP contribution in [0.25, 0.3) is 10.9 Å². The summed E-state index contributed by atoms with van der Waals surface area (Å²) in [5.74, 6) is 1.70. The van der Waals surface area contributed by atoms with E-state index in [2.05, 4.69) is 14.9 Å². The van der Waals surface area contributed by atoms with E-state index >= 15 is 0 Å². The number of hydrogen-bond acceptors (Lipinski definition) is 7. The van der Waals surface area contributed by atoms with Crippen molar-refractivity contribution >= 4 is 32.3 Å². The number of methoxy groups -OCH3 is 1. The van der Waals surface area contributed by atoms with Crippen LogP contribution in [0.2, 0.25) is 5.28 Å². The molecule has 25 heavy (non-hydrogen) atoms. The van der Waals surface area contributed by atoms with Crippen molar-refractivity contribution in [3.05, 3.63) is 23.6 Å². The number of aromatic nitrogens is 2. The third-order valence-electron chi connectivity index (χ3n) is 4.15. The largest absolute Gasteiger partial charge is 0.493 e. The highest BCUT2D eigenvalue weighted by molar-refractivity contribution is 7.91. The number of ether oxygens (including phenoxy) is 2. The Morgan fingerprint density at radius 1 is 1.24 bits per heavy atom. The minimum absolute atomic E-state index is 0.184. The minimum Gasteiger partial charge on any atom is -0.493 e. The molecule has 1 fully saturated rings. The highest BCUT2D eigenvalue weighted by atomic mass is 35.5. The zero-order chi connectivity index (χ0) is 17.9. The van der Waals surface area contributed by atoms with E-state index < -0.39 is 9.84 Å². The first-order valence-corrected chi connectivity index (χ1v) is 10.2. The summed E-state index contributed by atoms with van der Waals surface area (Å²) in [5.41, 5.74) is 0.692. The van der Waals surface area contributed by atoms with Crippen LogP contribution < -0.4 is 9.47 Å². The number of benzene rings is 1. The van der Waals surface area contributed by atoms with E-state index in [1.165, 1.54) is 0 Å². The van der Waals surface area contributed by atoms with Gasteiger partial charge in [-0.25, -0.2) is 18.4 Å². The molecule has 0 unspecified atom stereocenters. The highest BCUT2D eigenvalue weighted by Gasteiger charge is 2.21. The molecule has 9 heteroatoms. The van der Waals surface area contributed by atoms with Crippen molar-refractivity contribution in [2.24, 2.45) is 0 Å². The average Bonchev–Trinajstić information content (AvgIpc) is 2.59. The topological polar surface area (TPSA) is 81.6 Å². The Labute approximate surface area is 151 Å². The average molecular weight is 386 g/mol. The van der Waals surface area contributed by atoms with Gasteiger partial charge in [-0.2, -0.15) is 0 Å². The van der Waals surface area contributed by atoms with E-state index in [1.54, 1.807) is 19.4 Å². The lowest BCUT2D eigenvalue weighted by molar-refractivity contribution is 0.240. The zero-order valence-corrected chi connectivity index (χ0v) is 15.5. The van der Waals surface area contributed by atoms with Crippen molar-refractivity contribution in [1.82, 2.24) is 14.9 Å². The van der Waals surface area contributed by atoms with Crippen molar-refractivity contribution in [1.29, 1.82) is 0 Å². The molecular weight excluding hydrogens is 366 g/mol. The number of nitrogens with zero attached hydrogens (tertiary/aromatic N) is 3. The molecule has 0 spiro atoms. The van der Waals surface area contributed by atoms with Gasteiger partial charge in [-0.15, -0.1) is 0 Å². The van der Waals surface area contributed by atoms with E-state index in [9.17, 15) is 8.42 Å². The van der Waals surface area contributed by atoms with Crippen molar-refractivity contribution in [2.75, 3.05) is 44.9 Å². The molecule has 0 amide bonds. The van der Waals surface area contributed by atoms with Gasteiger partial charge in [0, 0.05) is 37.3 Å². The van der Waals surface area contributed by atoms with Crippen molar-refractivity contribution in [2.45, 2.75) is 6.42 Å². The first-order valence-electron chi connectivity index (χ1n) is 8.03. The number of rotatable bonds is 6. The molecule has 0 bridgehead atoms. The van der Waals surface area contributed by atoms with Crippen molar-refractivity contribution in [3.63, 3.8) is 0 Å². The second kappa shape index (κ2) is 7.72. The Morgan fingerprint density at radius 2 is 2.00 bits per heavy atom. The van der Waals surface area contributed by atoms with Gasteiger partial charge in [-0.3, -0.25) is 0 Å². The summed E-state index contributed by atoms with van der Waals surface area (Å²) in [7, 11) is -1.25. The van der Waals surface area contributed by atoms with Crippen LogP contribution in [-0.4, -0.2) is 68.1 Å². The molecule has 0 atom stereocenters. The van der Waals surface area contributed by atoms with Crippen LogP contribution in [0.1, 0.15) is 6.42 Å². The molecule has 136 valence electrons. The molecule has 3 rings (SSSR count). The molecule has 0 radical (unpaired) electrons. The fourth-order valence-corrected chi connectivity index (χ4v) is 4.15. The summed E-state index contributed by atoms with van der Waals surface area (Å²) in [5, 5.41) is 1.01. The lowest BCUT2D eigenvalue weighted by atomic mass is 10.2. The first-order chi connectivity index (χ1) is 12.0. The van der Waals surface area contributed by atoms with Crippen molar-refractivity contribution in [3.8, 4) is 11.5 Å². The quantitative estimate of drug-likeness (QED) is 0.553. The van der Waals surface area contributed by atoms with Gasteiger partial charge in [0.25, 0.3) is 0 Å². The zero-order valence-electron chi connectivity index (χ0n) is 13.9. The van der Waals surface area contributed by atoms with Gasteiger partial charge in [0.05, 0.1) is 30.7 Å². The maximum atomic E-state index is 11.4. The molecule has 1 aromatic heterocycles. The van der Waals surface area contributed by atoms with Crippen LogP contribution in [0.3, 0.4) is 0 Å². The van der Waals surface area contributed by atoms with Crippen LogP contribution in [0.15, 0.2) is 18.3 Å². The third kappa shape index (κ3) is 4.71. The van der Waals surface area contributed by atoms with Gasteiger partial charge in [0.1, 0.15) is 0 Å². The molecule has 1 aromatic carbocycles. The van der Waals surface area contributed by atoms with Gasteiger partial charge in [0.2, 0.25) is 5.28 Å².